The van der Waals surface area contributed by atoms with Crippen LogP contribution >= 0.6 is 11.8 Å². The number of hydrogen-bond donors (Lipinski definition) is 0. The van der Waals surface area contributed by atoms with Crippen molar-refractivity contribution in [2.75, 3.05) is 5.75 Å². The maximum Gasteiger partial charge on any atom is 0.266 e. The molecule has 0 fully saturated rings. The van der Waals surface area contributed by atoms with Crippen LogP contribution in [0.1, 0.15) is 18.1 Å². The fourth-order valence-electron chi connectivity index (χ4n) is 2.65. The predicted octanol–water partition coefficient (Wildman–Crippen LogP) is 4.11. The lowest BCUT2D eigenvalue weighted by Crippen LogP contribution is -2.22. The smallest absolute Gasteiger partial charge is 0.266 e. The summed E-state index contributed by atoms with van der Waals surface area (Å²) in [6.07, 6.45) is 0. The van der Waals surface area contributed by atoms with E-state index in [-0.39, 0.29) is 5.56 Å². The summed E-state index contributed by atoms with van der Waals surface area (Å²) in [6.45, 7) is 6.16. The van der Waals surface area contributed by atoms with Gasteiger partial charge in [0.2, 0.25) is 0 Å². The molecule has 0 atom stereocenters. The van der Waals surface area contributed by atoms with Crippen molar-refractivity contribution in [3.63, 3.8) is 0 Å². The highest BCUT2D eigenvalue weighted by Gasteiger charge is 2.13. The van der Waals surface area contributed by atoms with E-state index in [0.29, 0.717) is 5.39 Å². The van der Waals surface area contributed by atoms with Crippen LogP contribution in [0.5, 0.6) is 0 Å². The zero-order chi connectivity index (χ0) is 15.7. The molecule has 3 aromatic rings. The van der Waals surface area contributed by atoms with Crippen molar-refractivity contribution in [2.24, 2.45) is 0 Å². The Labute approximate surface area is 134 Å². The van der Waals surface area contributed by atoms with Gasteiger partial charge < -0.3 is 0 Å². The van der Waals surface area contributed by atoms with Crippen molar-refractivity contribution in [3.8, 4) is 5.69 Å². The Morgan fingerprint density at radius 1 is 1.09 bits per heavy atom. The number of para-hydroxylation sites is 1. The average Bonchev–Trinajstić information content (AvgIpc) is 2.47. The maximum atomic E-state index is 13.0. The molecule has 1 heterocycles. The SMILES string of the molecule is CCSc1nc2ccccc2c(=O)n1-c1cc(C)cc(C)c1. The highest BCUT2D eigenvalue weighted by atomic mass is 32.2. The summed E-state index contributed by atoms with van der Waals surface area (Å²) in [5.74, 6) is 0.871. The molecule has 0 amide bonds. The fraction of sp³-hybridized carbons (Fsp3) is 0.222. The van der Waals surface area contributed by atoms with Gasteiger partial charge >= 0.3 is 0 Å². The van der Waals surface area contributed by atoms with Gasteiger partial charge in [0.25, 0.3) is 5.56 Å². The van der Waals surface area contributed by atoms with E-state index in [9.17, 15) is 4.79 Å². The maximum absolute atomic E-state index is 13.0. The van der Waals surface area contributed by atoms with Crippen LogP contribution in [0.2, 0.25) is 0 Å². The Balaban J connectivity index is 2.37. The number of hydrogen-bond acceptors (Lipinski definition) is 3. The number of thioether (sulfide) groups is 1. The average molecular weight is 310 g/mol. The lowest BCUT2D eigenvalue weighted by Gasteiger charge is -2.14. The van der Waals surface area contributed by atoms with E-state index >= 15 is 0 Å². The minimum absolute atomic E-state index is 0.00782. The second-order valence-corrected chi connectivity index (χ2v) is 6.56. The summed E-state index contributed by atoms with van der Waals surface area (Å²) >= 11 is 1.59. The summed E-state index contributed by atoms with van der Waals surface area (Å²) < 4.78 is 1.73. The van der Waals surface area contributed by atoms with Crippen molar-refractivity contribution in [1.29, 1.82) is 0 Å². The first-order valence-corrected chi connectivity index (χ1v) is 8.32. The molecular weight excluding hydrogens is 292 g/mol. The summed E-state index contributed by atoms with van der Waals surface area (Å²) in [5, 5.41) is 1.40. The molecule has 1 aromatic heterocycles. The highest BCUT2D eigenvalue weighted by molar-refractivity contribution is 7.99. The monoisotopic (exact) mass is 310 g/mol. The molecule has 2 aromatic carbocycles. The number of rotatable bonds is 3. The molecule has 0 radical (unpaired) electrons. The first-order valence-electron chi connectivity index (χ1n) is 7.33. The molecule has 112 valence electrons. The Kier molecular flexibility index (Phi) is 4.03. The van der Waals surface area contributed by atoms with Crippen LogP contribution in [0.15, 0.2) is 52.4 Å². The van der Waals surface area contributed by atoms with Crippen LogP contribution in [0.3, 0.4) is 0 Å². The summed E-state index contributed by atoms with van der Waals surface area (Å²) in [4.78, 5) is 17.6. The third-order valence-corrected chi connectivity index (χ3v) is 4.30. The van der Waals surface area contributed by atoms with Gasteiger partial charge in [0.1, 0.15) is 0 Å². The second-order valence-electron chi connectivity index (χ2n) is 5.33. The molecular formula is C18H18N2OS. The number of benzene rings is 2. The first-order chi connectivity index (χ1) is 10.6. The van der Waals surface area contributed by atoms with Crippen molar-refractivity contribution >= 4 is 22.7 Å². The van der Waals surface area contributed by atoms with Gasteiger partial charge in [0.05, 0.1) is 16.6 Å². The van der Waals surface area contributed by atoms with Gasteiger partial charge in [-0.25, -0.2) is 4.98 Å². The van der Waals surface area contributed by atoms with Gasteiger partial charge in [-0.15, -0.1) is 0 Å². The van der Waals surface area contributed by atoms with Crippen LogP contribution in [-0.4, -0.2) is 15.3 Å². The molecule has 0 unspecified atom stereocenters. The molecule has 3 nitrogen and oxygen atoms in total. The van der Waals surface area contributed by atoms with E-state index in [0.717, 1.165) is 33.2 Å². The molecule has 0 aliphatic rings. The second kappa shape index (κ2) is 5.97. The third-order valence-electron chi connectivity index (χ3n) is 3.48. The zero-order valence-electron chi connectivity index (χ0n) is 13.0. The number of aryl methyl sites for hydroxylation is 2. The Hall–Kier alpha value is -2.07. The highest BCUT2D eigenvalue weighted by Crippen LogP contribution is 2.22. The molecule has 0 saturated heterocycles. The minimum Gasteiger partial charge on any atom is -0.268 e. The third kappa shape index (κ3) is 2.66. The van der Waals surface area contributed by atoms with Gasteiger partial charge in [-0.1, -0.05) is 36.9 Å². The molecule has 4 heteroatoms. The Bertz CT molecular complexity index is 879. The standard InChI is InChI=1S/C18H18N2OS/c1-4-22-18-19-16-8-6-5-7-15(16)17(21)20(18)14-10-12(2)9-13(3)11-14/h5-11H,4H2,1-3H3. The fourth-order valence-corrected chi connectivity index (χ4v) is 3.38. The van der Waals surface area contributed by atoms with Crippen molar-refractivity contribution in [1.82, 2.24) is 9.55 Å². The van der Waals surface area contributed by atoms with Gasteiger partial charge in [-0.3, -0.25) is 9.36 Å². The Morgan fingerprint density at radius 2 is 1.77 bits per heavy atom. The van der Waals surface area contributed by atoms with Crippen molar-refractivity contribution < 1.29 is 0 Å². The van der Waals surface area contributed by atoms with E-state index in [4.69, 9.17) is 0 Å². The summed E-state index contributed by atoms with van der Waals surface area (Å²) in [7, 11) is 0. The zero-order valence-corrected chi connectivity index (χ0v) is 13.8. The van der Waals surface area contributed by atoms with Crippen LogP contribution in [0.4, 0.5) is 0 Å². The molecule has 0 aliphatic carbocycles. The van der Waals surface area contributed by atoms with E-state index < -0.39 is 0 Å². The minimum atomic E-state index is -0.00782. The topological polar surface area (TPSA) is 34.9 Å². The van der Waals surface area contributed by atoms with Gasteiger partial charge in [-0.05, 0) is 55.0 Å². The van der Waals surface area contributed by atoms with E-state index in [1.807, 2.05) is 50.2 Å². The lowest BCUT2D eigenvalue weighted by molar-refractivity contribution is 0.818. The summed E-state index contributed by atoms with van der Waals surface area (Å²) in [5.41, 5.74) is 3.91. The van der Waals surface area contributed by atoms with Gasteiger partial charge in [0.15, 0.2) is 5.16 Å². The quantitative estimate of drug-likeness (QED) is 0.539. The lowest BCUT2D eigenvalue weighted by atomic mass is 10.1. The number of aromatic nitrogens is 2. The predicted molar refractivity (Wildman–Crippen MR) is 93.2 cm³/mol. The molecule has 0 bridgehead atoms. The van der Waals surface area contributed by atoms with Crippen molar-refractivity contribution in [3.05, 3.63) is 63.9 Å². The number of fused-ring (bicyclic) bond motifs is 1. The van der Waals surface area contributed by atoms with E-state index in [1.165, 1.54) is 0 Å². The Morgan fingerprint density at radius 3 is 2.45 bits per heavy atom. The van der Waals surface area contributed by atoms with Crippen LogP contribution in [-0.2, 0) is 0 Å². The largest absolute Gasteiger partial charge is 0.268 e. The van der Waals surface area contributed by atoms with Crippen LogP contribution in [0.25, 0.3) is 16.6 Å². The molecule has 0 N–H and O–H groups in total. The first kappa shape index (κ1) is 14.9. The van der Waals surface area contributed by atoms with Gasteiger partial charge in [-0.2, -0.15) is 0 Å². The summed E-state index contributed by atoms with van der Waals surface area (Å²) in [6, 6.07) is 13.7. The van der Waals surface area contributed by atoms with E-state index in [2.05, 4.69) is 18.0 Å². The van der Waals surface area contributed by atoms with Crippen LogP contribution in [0, 0.1) is 13.8 Å². The molecule has 0 saturated carbocycles. The molecule has 0 aliphatic heterocycles. The van der Waals surface area contributed by atoms with Crippen LogP contribution < -0.4 is 5.56 Å². The molecule has 0 spiro atoms. The van der Waals surface area contributed by atoms with E-state index in [1.54, 1.807) is 16.3 Å². The molecule has 22 heavy (non-hydrogen) atoms. The molecule has 3 rings (SSSR count). The normalized spacial score (nSPS) is 11.0. The van der Waals surface area contributed by atoms with Crippen molar-refractivity contribution in [2.45, 2.75) is 25.9 Å². The van der Waals surface area contributed by atoms with Gasteiger partial charge in [0, 0.05) is 0 Å². The number of nitrogens with zero attached hydrogens (tertiary/aromatic N) is 2.